The van der Waals surface area contributed by atoms with Crippen molar-refractivity contribution < 1.29 is 14.3 Å². The lowest BCUT2D eigenvalue weighted by molar-refractivity contribution is -0.149. The first-order chi connectivity index (χ1) is 6.15. The molecule has 0 radical (unpaired) electrons. The van der Waals surface area contributed by atoms with E-state index in [0.717, 1.165) is 5.57 Å². The number of carbonyl (C=O) groups excluding carboxylic acids is 2. The summed E-state index contributed by atoms with van der Waals surface area (Å²) in [6.45, 7) is 5.42. The Bertz CT molecular complexity index is 276. The molecule has 0 aliphatic heterocycles. The van der Waals surface area contributed by atoms with Gasteiger partial charge in [-0.2, -0.15) is 0 Å². The van der Waals surface area contributed by atoms with Gasteiger partial charge in [-0.25, -0.2) is 0 Å². The second-order valence-corrected chi connectivity index (χ2v) is 3.07. The fraction of sp³-hybridized carbons (Fsp3) is 0.400. The quantitative estimate of drug-likeness (QED) is 0.373. The lowest BCUT2D eigenvalue weighted by atomic mass is 10.1. The average Bonchev–Trinajstić information content (AvgIpc) is 2.41. The molecule has 3 nitrogen and oxygen atoms in total. The molecule has 1 aliphatic rings. The van der Waals surface area contributed by atoms with Gasteiger partial charge in [0, 0.05) is 0 Å². The molecule has 1 atom stereocenters. The van der Waals surface area contributed by atoms with Crippen LogP contribution in [0.2, 0.25) is 0 Å². The topological polar surface area (TPSA) is 43.4 Å². The van der Waals surface area contributed by atoms with Gasteiger partial charge in [-0.3, -0.25) is 9.59 Å². The van der Waals surface area contributed by atoms with Gasteiger partial charge in [0.05, 0.1) is 0 Å². The highest BCUT2D eigenvalue weighted by Crippen LogP contribution is 2.22. The van der Waals surface area contributed by atoms with Crippen molar-refractivity contribution in [3.63, 3.8) is 0 Å². The van der Waals surface area contributed by atoms with E-state index in [1.807, 2.05) is 6.92 Å². The molecule has 0 aromatic heterocycles. The van der Waals surface area contributed by atoms with E-state index in [2.05, 4.69) is 6.58 Å². The molecular formula is C10H12O3. The predicted octanol–water partition coefficient (Wildman–Crippen LogP) is 1.25. The molecule has 0 fully saturated rings. The number of hydrogen-bond acceptors (Lipinski definition) is 3. The van der Waals surface area contributed by atoms with Crippen LogP contribution in [0.1, 0.15) is 13.3 Å². The molecule has 0 saturated carbocycles. The SMILES string of the molecule is C=CCOC(=O)C1CC(C)=CC1=O. The second kappa shape index (κ2) is 4.03. The lowest BCUT2D eigenvalue weighted by Gasteiger charge is -2.06. The van der Waals surface area contributed by atoms with Crippen molar-refractivity contribution in [3.8, 4) is 0 Å². The van der Waals surface area contributed by atoms with Gasteiger partial charge in [-0.1, -0.05) is 18.2 Å². The Morgan fingerprint density at radius 3 is 3.00 bits per heavy atom. The zero-order valence-electron chi connectivity index (χ0n) is 7.58. The fourth-order valence-electron chi connectivity index (χ4n) is 1.27. The first-order valence-electron chi connectivity index (χ1n) is 4.13. The van der Waals surface area contributed by atoms with Crippen LogP contribution in [0.4, 0.5) is 0 Å². The smallest absolute Gasteiger partial charge is 0.317 e. The van der Waals surface area contributed by atoms with Crippen LogP contribution in [0.5, 0.6) is 0 Å². The molecule has 1 unspecified atom stereocenters. The van der Waals surface area contributed by atoms with Crippen LogP contribution in [-0.2, 0) is 14.3 Å². The first kappa shape index (κ1) is 9.71. The van der Waals surface area contributed by atoms with Gasteiger partial charge in [0.1, 0.15) is 12.5 Å². The molecule has 0 amide bonds. The Hall–Kier alpha value is -1.38. The monoisotopic (exact) mass is 180 g/mol. The third kappa shape index (κ3) is 2.28. The van der Waals surface area contributed by atoms with Crippen molar-refractivity contribution >= 4 is 11.8 Å². The second-order valence-electron chi connectivity index (χ2n) is 3.07. The summed E-state index contributed by atoms with van der Waals surface area (Å²) in [4.78, 5) is 22.4. The van der Waals surface area contributed by atoms with Gasteiger partial charge in [-0.05, 0) is 19.4 Å². The van der Waals surface area contributed by atoms with E-state index >= 15 is 0 Å². The largest absolute Gasteiger partial charge is 0.461 e. The van der Waals surface area contributed by atoms with Crippen LogP contribution in [0, 0.1) is 5.92 Å². The Balaban J connectivity index is 2.51. The summed E-state index contributed by atoms with van der Waals surface area (Å²) in [5.74, 6) is -1.20. The van der Waals surface area contributed by atoms with Crippen molar-refractivity contribution in [2.45, 2.75) is 13.3 Å². The van der Waals surface area contributed by atoms with Crippen molar-refractivity contribution in [1.82, 2.24) is 0 Å². The number of esters is 1. The molecule has 0 aromatic carbocycles. The summed E-state index contributed by atoms with van der Waals surface area (Å²) in [5.41, 5.74) is 0.936. The normalized spacial score (nSPS) is 21.2. The maximum Gasteiger partial charge on any atom is 0.317 e. The molecule has 0 heterocycles. The fourth-order valence-corrected chi connectivity index (χ4v) is 1.27. The summed E-state index contributed by atoms with van der Waals surface area (Å²) < 4.78 is 4.78. The minimum absolute atomic E-state index is 0.147. The van der Waals surface area contributed by atoms with Gasteiger partial charge < -0.3 is 4.74 Å². The highest BCUT2D eigenvalue weighted by molar-refractivity contribution is 6.07. The van der Waals surface area contributed by atoms with Crippen LogP contribution in [0.25, 0.3) is 0 Å². The molecule has 0 saturated heterocycles. The average molecular weight is 180 g/mol. The highest BCUT2D eigenvalue weighted by Gasteiger charge is 2.31. The van der Waals surface area contributed by atoms with Crippen LogP contribution in [0.15, 0.2) is 24.3 Å². The number of ketones is 1. The maximum atomic E-state index is 11.2. The zero-order chi connectivity index (χ0) is 9.84. The Morgan fingerprint density at radius 2 is 2.54 bits per heavy atom. The summed E-state index contributed by atoms with van der Waals surface area (Å²) in [6, 6.07) is 0. The molecule has 70 valence electrons. The molecule has 1 rings (SSSR count). The molecule has 0 aromatic rings. The third-order valence-corrected chi connectivity index (χ3v) is 1.89. The van der Waals surface area contributed by atoms with Gasteiger partial charge in [0.25, 0.3) is 0 Å². The molecule has 13 heavy (non-hydrogen) atoms. The summed E-state index contributed by atoms with van der Waals surface area (Å²) >= 11 is 0. The summed E-state index contributed by atoms with van der Waals surface area (Å²) in [5, 5.41) is 0. The van der Waals surface area contributed by atoms with Gasteiger partial charge in [0.2, 0.25) is 0 Å². The van der Waals surface area contributed by atoms with E-state index in [4.69, 9.17) is 4.74 Å². The molecule has 0 N–H and O–H groups in total. The first-order valence-corrected chi connectivity index (χ1v) is 4.13. The van der Waals surface area contributed by atoms with Gasteiger partial charge >= 0.3 is 5.97 Å². The Morgan fingerprint density at radius 1 is 1.85 bits per heavy atom. The van der Waals surface area contributed by atoms with Crippen molar-refractivity contribution in [2.24, 2.45) is 5.92 Å². The summed E-state index contributed by atoms with van der Waals surface area (Å²) in [6.07, 6.45) is 3.48. The summed E-state index contributed by atoms with van der Waals surface area (Å²) in [7, 11) is 0. The lowest BCUT2D eigenvalue weighted by Crippen LogP contribution is -2.21. The van der Waals surface area contributed by atoms with Crippen LogP contribution in [0.3, 0.4) is 0 Å². The molecule has 0 spiro atoms. The van der Waals surface area contributed by atoms with E-state index in [1.54, 1.807) is 0 Å². The van der Waals surface area contributed by atoms with Crippen LogP contribution < -0.4 is 0 Å². The number of rotatable bonds is 3. The number of carbonyl (C=O) groups is 2. The van der Waals surface area contributed by atoms with E-state index in [1.165, 1.54) is 12.2 Å². The standard InChI is InChI=1S/C10H12O3/c1-3-4-13-10(12)8-5-7(2)6-9(8)11/h3,6,8H,1,4-5H2,2H3. The Kier molecular flexibility index (Phi) is 3.01. The number of allylic oxidation sites excluding steroid dienone is 2. The highest BCUT2D eigenvalue weighted by atomic mass is 16.5. The van der Waals surface area contributed by atoms with Crippen LogP contribution in [-0.4, -0.2) is 18.4 Å². The molecule has 1 aliphatic carbocycles. The van der Waals surface area contributed by atoms with E-state index in [-0.39, 0.29) is 12.4 Å². The minimum Gasteiger partial charge on any atom is -0.461 e. The predicted molar refractivity (Wildman–Crippen MR) is 48.0 cm³/mol. The van der Waals surface area contributed by atoms with Gasteiger partial charge in [0.15, 0.2) is 5.78 Å². The zero-order valence-corrected chi connectivity index (χ0v) is 7.58. The Labute approximate surface area is 77.1 Å². The number of ether oxygens (including phenoxy) is 1. The van der Waals surface area contributed by atoms with Gasteiger partial charge in [-0.15, -0.1) is 0 Å². The molecule has 3 heteroatoms. The maximum absolute atomic E-state index is 11.2. The van der Waals surface area contributed by atoms with Crippen molar-refractivity contribution in [3.05, 3.63) is 24.3 Å². The van der Waals surface area contributed by atoms with E-state index < -0.39 is 11.9 Å². The van der Waals surface area contributed by atoms with Crippen molar-refractivity contribution in [1.29, 1.82) is 0 Å². The molecule has 0 bridgehead atoms. The number of hydrogen-bond donors (Lipinski definition) is 0. The third-order valence-electron chi connectivity index (χ3n) is 1.89. The van der Waals surface area contributed by atoms with E-state index in [0.29, 0.717) is 6.42 Å². The van der Waals surface area contributed by atoms with Crippen LogP contribution >= 0.6 is 0 Å². The van der Waals surface area contributed by atoms with E-state index in [9.17, 15) is 9.59 Å². The molecular weight excluding hydrogens is 168 g/mol. The minimum atomic E-state index is -0.611. The van der Waals surface area contributed by atoms with Crippen molar-refractivity contribution in [2.75, 3.05) is 6.61 Å².